The van der Waals surface area contributed by atoms with Gasteiger partial charge in [0, 0.05) is 6.26 Å². The Kier molecular flexibility index (Phi) is 3.80. The van der Waals surface area contributed by atoms with E-state index in [4.69, 9.17) is 14.3 Å². The van der Waals surface area contributed by atoms with Crippen LogP contribution in [0.2, 0.25) is 0 Å². The Morgan fingerprint density at radius 2 is 1.95 bits per heavy atom. The first kappa shape index (κ1) is 14.1. The Labute approximate surface area is 115 Å². The molecule has 0 spiro atoms. The van der Waals surface area contributed by atoms with Crippen molar-refractivity contribution < 1.29 is 27.5 Å². The molecule has 0 aliphatic rings. The summed E-state index contributed by atoms with van der Waals surface area (Å²) in [6.07, 6.45) is 2.26. The standard InChI is InChI=1S/C13H12O6S/c1-20(16,17)12-4-2-10(3-5-12)19-8-11-6-9(7-18-11)13(14)15/h2-7H,8H2,1H3,(H,14,15). The second-order valence-corrected chi connectivity index (χ2v) is 6.15. The predicted molar refractivity (Wildman–Crippen MR) is 69.6 cm³/mol. The highest BCUT2D eigenvalue weighted by molar-refractivity contribution is 7.90. The summed E-state index contributed by atoms with van der Waals surface area (Å²) in [5, 5.41) is 8.73. The summed E-state index contributed by atoms with van der Waals surface area (Å²) in [6, 6.07) is 7.30. The third-order valence-corrected chi connectivity index (χ3v) is 3.66. The van der Waals surface area contributed by atoms with E-state index in [9.17, 15) is 13.2 Å². The molecule has 2 rings (SSSR count). The number of carbonyl (C=O) groups is 1. The highest BCUT2D eigenvalue weighted by Crippen LogP contribution is 2.17. The molecule has 0 radical (unpaired) electrons. The van der Waals surface area contributed by atoms with Gasteiger partial charge in [-0.25, -0.2) is 13.2 Å². The van der Waals surface area contributed by atoms with Gasteiger partial charge in [0.15, 0.2) is 9.84 Å². The van der Waals surface area contributed by atoms with Gasteiger partial charge < -0.3 is 14.3 Å². The first-order valence-electron chi connectivity index (χ1n) is 5.60. The summed E-state index contributed by atoms with van der Waals surface area (Å²) in [7, 11) is -3.23. The first-order valence-corrected chi connectivity index (χ1v) is 7.49. The quantitative estimate of drug-likeness (QED) is 0.906. The van der Waals surface area contributed by atoms with Crippen LogP contribution in [0.15, 0.2) is 45.9 Å². The summed E-state index contributed by atoms with van der Waals surface area (Å²) in [5.41, 5.74) is 0.0519. The van der Waals surface area contributed by atoms with Crippen molar-refractivity contribution in [2.75, 3.05) is 6.26 Å². The lowest BCUT2D eigenvalue weighted by Crippen LogP contribution is -1.98. The average Bonchev–Trinajstić information content (AvgIpc) is 2.85. The number of carboxylic acid groups (broad SMARTS) is 1. The Bertz CT molecular complexity index is 712. The van der Waals surface area contributed by atoms with Crippen molar-refractivity contribution in [3.8, 4) is 5.75 Å². The molecule has 1 N–H and O–H groups in total. The molecule has 1 heterocycles. The number of aromatic carboxylic acids is 1. The molecule has 7 heteroatoms. The maximum atomic E-state index is 11.3. The molecule has 6 nitrogen and oxygen atoms in total. The molecule has 0 aliphatic heterocycles. The molecule has 0 saturated carbocycles. The fourth-order valence-corrected chi connectivity index (χ4v) is 2.14. The van der Waals surface area contributed by atoms with Crippen molar-refractivity contribution in [2.45, 2.75) is 11.5 Å². The van der Waals surface area contributed by atoms with E-state index in [0.29, 0.717) is 11.5 Å². The highest BCUT2D eigenvalue weighted by Gasteiger charge is 2.09. The van der Waals surface area contributed by atoms with Crippen molar-refractivity contribution in [3.63, 3.8) is 0 Å². The van der Waals surface area contributed by atoms with E-state index in [-0.39, 0.29) is 17.1 Å². The van der Waals surface area contributed by atoms with Crippen LogP contribution in [-0.2, 0) is 16.4 Å². The topological polar surface area (TPSA) is 93.8 Å². The Morgan fingerprint density at radius 3 is 2.45 bits per heavy atom. The molecule has 1 aromatic carbocycles. The number of carboxylic acids is 1. The summed E-state index contributed by atoms with van der Waals surface area (Å²) in [5.74, 6) is -0.238. The zero-order chi connectivity index (χ0) is 14.8. The largest absolute Gasteiger partial charge is 0.486 e. The Morgan fingerprint density at radius 1 is 1.30 bits per heavy atom. The van der Waals surface area contributed by atoms with E-state index in [0.717, 1.165) is 12.5 Å². The molecule has 2 aromatic rings. The lowest BCUT2D eigenvalue weighted by molar-refractivity contribution is 0.0696. The highest BCUT2D eigenvalue weighted by atomic mass is 32.2. The summed E-state index contributed by atoms with van der Waals surface area (Å²) < 4.78 is 33.0. The van der Waals surface area contributed by atoms with Crippen LogP contribution in [0.25, 0.3) is 0 Å². The zero-order valence-corrected chi connectivity index (χ0v) is 11.4. The molecule has 0 atom stereocenters. The first-order chi connectivity index (χ1) is 9.36. The van der Waals surface area contributed by atoms with Gasteiger partial charge in [0.25, 0.3) is 0 Å². The monoisotopic (exact) mass is 296 g/mol. The molecule has 0 fully saturated rings. The molecule has 20 heavy (non-hydrogen) atoms. The van der Waals surface area contributed by atoms with Gasteiger partial charge in [-0.15, -0.1) is 0 Å². The normalized spacial score (nSPS) is 11.2. The number of hydrogen-bond donors (Lipinski definition) is 1. The van der Waals surface area contributed by atoms with Crippen molar-refractivity contribution in [1.29, 1.82) is 0 Å². The molecular weight excluding hydrogens is 284 g/mol. The average molecular weight is 296 g/mol. The third-order valence-electron chi connectivity index (χ3n) is 2.53. The molecule has 0 amide bonds. The van der Waals surface area contributed by atoms with Crippen LogP contribution in [0.1, 0.15) is 16.1 Å². The van der Waals surface area contributed by atoms with E-state index in [1.807, 2.05) is 0 Å². The van der Waals surface area contributed by atoms with Gasteiger partial charge in [-0.3, -0.25) is 0 Å². The van der Waals surface area contributed by atoms with Crippen LogP contribution in [-0.4, -0.2) is 25.7 Å². The van der Waals surface area contributed by atoms with Gasteiger partial charge in [0.2, 0.25) is 0 Å². The van der Waals surface area contributed by atoms with E-state index >= 15 is 0 Å². The molecule has 0 saturated heterocycles. The van der Waals surface area contributed by atoms with Gasteiger partial charge in [0.05, 0.1) is 10.5 Å². The van der Waals surface area contributed by atoms with E-state index in [2.05, 4.69) is 0 Å². The van der Waals surface area contributed by atoms with Gasteiger partial charge in [-0.1, -0.05) is 0 Å². The van der Waals surface area contributed by atoms with Crippen LogP contribution in [0, 0.1) is 0 Å². The maximum absolute atomic E-state index is 11.3. The van der Waals surface area contributed by atoms with Crippen LogP contribution in [0.3, 0.4) is 0 Å². The van der Waals surface area contributed by atoms with Gasteiger partial charge in [-0.2, -0.15) is 0 Å². The summed E-state index contributed by atoms with van der Waals surface area (Å²) in [6.45, 7) is 0.0610. The van der Waals surface area contributed by atoms with Crippen LogP contribution >= 0.6 is 0 Å². The SMILES string of the molecule is CS(=O)(=O)c1ccc(OCc2cc(C(=O)O)co2)cc1. The van der Waals surface area contributed by atoms with Crippen molar-refractivity contribution in [2.24, 2.45) is 0 Å². The predicted octanol–water partition coefficient (Wildman–Crippen LogP) is 1.96. The zero-order valence-electron chi connectivity index (χ0n) is 10.6. The van der Waals surface area contributed by atoms with Crippen LogP contribution in [0.4, 0.5) is 0 Å². The molecule has 0 bridgehead atoms. The molecule has 0 unspecified atom stereocenters. The summed E-state index contributed by atoms with van der Waals surface area (Å²) in [4.78, 5) is 10.9. The number of hydrogen-bond acceptors (Lipinski definition) is 5. The third kappa shape index (κ3) is 3.39. The molecular formula is C13H12O6S. The van der Waals surface area contributed by atoms with Crippen LogP contribution < -0.4 is 4.74 Å². The van der Waals surface area contributed by atoms with Gasteiger partial charge >= 0.3 is 5.97 Å². The van der Waals surface area contributed by atoms with Crippen molar-refractivity contribution in [3.05, 3.63) is 47.9 Å². The second-order valence-electron chi connectivity index (χ2n) is 4.14. The van der Waals surface area contributed by atoms with Gasteiger partial charge in [-0.05, 0) is 30.3 Å². The number of furan rings is 1. The minimum Gasteiger partial charge on any atom is -0.486 e. The number of sulfone groups is 1. The smallest absolute Gasteiger partial charge is 0.338 e. The number of benzene rings is 1. The molecule has 106 valence electrons. The number of rotatable bonds is 5. The lowest BCUT2D eigenvalue weighted by atomic mass is 10.3. The van der Waals surface area contributed by atoms with E-state index in [1.54, 1.807) is 0 Å². The van der Waals surface area contributed by atoms with E-state index in [1.165, 1.54) is 30.3 Å². The van der Waals surface area contributed by atoms with E-state index < -0.39 is 15.8 Å². The Hall–Kier alpha value is -2.28. The van der Waals surface area contributed by atoms with Crippen LogP contribution in [0.5, 0.6) is 5.75 Å². The lowest BCUT2D eigenvalue weighted by Gasteiger charge is -2.04. The summed E-state index contributed by atoms with van der Waals surface area (Å²) >= 11 is 0. The number of ether oxygens (including phenoxy) is 1. The minimum absolute atomic E-state index is 0.0519. The minimum atomic E-state index is -3.23. The van der Waals surface area contributed by atoms with Crippen molar-refractivity contribution >= 4 is 15.8 Å². The molecule has 0 aliphatic carbocycles. The van der Waals surface area contributed by atoms with Crippen molar-refractivity contribution in [1.82, 2.24) is 0 Å². The Balaban J connectivity index is 2.02. The second kappa shape index (κ2) is 5.38. The molecule has 1 aromatic heterocycles. The van der Waals surface area contributed by atoms with Gasteiger partial charge in [0.1, 0.15) is 24.4 Å². The maximum Gasteiger partial charge on any atom is 0.338 e. The fourth-order valence-electron chi connectivity index (χ4n) is 1.51. The fraction of sp³-hybridized carbons (Fsp3) is 0.154.